The average Bonchev–Trinajstić information content (AvgIpc) is 1.27. The fourth-order valence-electron chi connectivity index (χ4n) is 0.351. The van der Waals surface area contributed by atoms with Crippen LogP contribution in [0.3, 0.4) is 0 Å². The van der Waals surface area contributed by atoms with Crippen LogP contribution >= 0.6 is 0 Å². The van der Waals surface area contributed by atoms with Crippen molar-refractivity contribution in [3.63, 3.8) is 0 Å². The van der Waals surface area contributed by atoms with Gasteiger partial charge in [0.25, 0.3) is 0 Å². The van der Waals surface area contributed by atoms with E-state index in [-0.39, 0.29) is 41.9 Å². The van der Waals surface area contributed by atoms with Crippen molar-refractivity contribution in [3.05, 3.63) is 0 Å². The Morgan fingerprint density at radius 1 is 1.12 bits per heavy atom. The Balaban J connectivity index is 0. The van der Waals surface area contributed by atoms with Gasteiger partial charge in [-0.15, -0.1) is 0 Å². The van der Waals surface area contributed by atoms with Gasteiger partial charge in [-0.3, -0.25) is 9.59 Å². The number of hydrogen-bond donors (Lipinski definition) is 0. The van der Waals surface area contributed by atoms with Gasteiger partial charge in [-0.05, 0) is 13.8 Å². The predicted molar refractivity (Wildman–Crippen MR) is 34.5 cm³/mol. The van der Waals surface area contributed by atoms with Gasteiger partial charge < -0.3 is 0 Å². The zero-order valence-electron chi connectivity index (χ0n) is 5.23. The number of carbonyl (C=O) groups is 2. The van der Waals surface area contributed by atoms with Gasteiger partial charge >= 0.3 is 23.9 Å². The van der Waals surface area contributed by atoms with Gasteiger partial charge in [-0.25, -0.2) is 0 Å². The molecule has 0 saturated carbocycles. The molecule has 0 spiro atoms. The van der Waals surface area contributed by atoms with Crippen LogP contribution < -0.4 is 0 Å². The normalized spacial score (nSPS) is 7.25. The molecular weight excluding hydrogens is 211 g/mol. The first-order valence-corrected chi connectivity index (χ1v) is 2.12. The second kappa shape index (κ2) is 5.28. The Kier molecular flexibility index (Phi) is 7.26. The maximum atomic E-state index is 10.0. The van der Waals surface area contributed by atoms with Gasteiger partial charge in [0.2, 0.25) is 0 Å². The summed E-state index contributed by atoms with van der Waals surface area (Å²) in [6.07, 6.45) is 0.0833. The van der Waals surface area contributed by atoms with E-state index < -0.39 is 0 Å². The van der Waals surface area contributed by atoms with Gasteiger partial charge in [-0.2, -0.15) is 0 Å². The standard InChI is InChI=1S/C5H8O2.Sn.2H/c1-4(6)3-5(2)7;;;/h3H2,1-2H3;;;. The third-order valence-electron chi connectivity index (χ3n) is 0.498. The van der Waals surface area contributed by atoms with Crippen LogP contribution in [-0.4, -0.2) is 35.5 Å². The van der Waals surface area contributed by atoms with E-state index in [1.54, 1.807) is 0 Å². The summed E-state index contributed by atoms with van der Waals surface area (Å²) in [4.78, 5) is 20.1. The van der Waals surface area contributed by atoms with E-state index in [0.29, 0.717) is 0 Å². The molecule has 0 unspecified atom stereocenters. The Bertz CT molecular complexity index is 86.6. The fraction of sp³-hybridized carbons (Fsp3) is 0.600. The molecule has 0 aromatic rings. The van der Waals surface area contributed by atoms with E-state index in [9.17, 15) is 9.59 Å². The number of Topliss-reactive ketones (excluding diaryl/α,β-unsaturated/α-hetero) is 2. The van der Waals surface area contributed by atoms with Gasteiger partial charge in [0.15, 0.2) is 0 Å². The van der Waals surface area contributed by atoms with Crippen LogP contribution in [0.5, 0.6) is 0 Å². The van der Waals surface area contributed by atoms with Crippen molar-refractivity contribution in [1.82, 2.24) is 0 Å². The fourth-order valence-corrected chi connectivity index (χ4v) is 0.351. The number of rotatable bonds is 2. The summed E-state index contributed by atoms with van der Waals surface area (Å²) in [6, 6.07) is 0. The Hall–Kier alpha value is 0.139. The first kappa shape index (κ1) is 11.0. The molecule has 0 atom stereocenters. The first-order chi connectivity index (χ1) is 3.13. The second-order valence-electron chi connectivity index (χ2n) is 1.58. The molecule has 0 bridgehead atoms. The molecule has 2 radical (unpaired) electrons. The van der Waals surface area contributed by atoms with Crippen molar-refractivity contribution in [3.8, 4) is 0 Å². The minimum atomic E-state index is -0.0625. The summed E-state index contributed by atoms with van der Waals surface area (Å²) >= 11 is 0. The number of carbonyl (C=O) groups excluding carboxylic acids is 2. The van der Waals surface area contributed by atoms with E-state index >= 15 is 0 Å². The van der Waals surface area contributed by atoms with Crippen LogP contribution in [0, 0.1) is 0 Å². The molecule has 2 nitrogen and oxygen atoms in total. The SMILES string of the molecule is CC(=O)CC(C)=O.[SnH2]. The molecule has 0 amide bonds. The summed E-state index contributed by atoms with van der Waals surface area (Å²) in [5, 5.41) is 0. The first-order valence-electron chi connectivity index (χ1n) is 2.12. The summed E-state index contributed by atoms with van der Waals surface area (Å²) in [5.74, 6) is -0.125. The van der Waals surface area contributed by atoms with Crippen molar-refractivity contribution in [1.29, 1.82) is 0 Å². The van der Waals surface area contributed by atoms with E-state index in [1.807, 2.05) is 0 Å². The quantitative estimate of drug-likeness (QED) is 0.471. The molecule has 0 saturated heterocycles. The predicted octanol–water partition coefficient (Wildman–Crippen LogP) is -0.362. The molecule has 0 heterocycles. The molecule has 0 aliphatic heterocycles. The summed E-state index contributed by atoms with van der Waals surface area (Å²) in [7, 11) is 0. The zero-order valence-corrected chi connectivity index (χ0v) is 9.27. The van der Waals surface area contributed by atoms with Crippen LogP contribution in [0.2, 0.25) is 0 Å². The van der Waals surface area contributed by atoms with Crippen molar-refractivity contribution in [2.24, 2.45) is 0 Å². The average molecular weight is 221 g/mol. The molecule has 0 aliphatic rings. The number of hydrogen-bond acceptors (Lipinski definition) is 2. The molecule has 0 aromatic carbocycles. The topological polar surface area (TPSA) is 34.1 Å². The molecule has 8 heavy (non-hydrogen) atoms. The summed E-state index contributed by atoms with van der Waals surface area (Å²) in [5.41, 5.74) is 0. The van der Waals surface area contributed by atoms with Crippen LogP contribution in [0.15, 0.2) is 0 Å². The monoisotopic (exact) mass is 222 g/mol. The van der Waals surface area contributed by atoms with Gasteiger partial charge in [-0.1, -0.05) is 0 Å². The van der Waals surface area contributed by atoms with Gasteiger partial charge in [0.1, 0.15) is 11.6 Å². The van der Waals surface area contributed by atoms with Gasteiger partial charge in [0.05, 0.1) is 6.42 Å². The molecular formula is C5H10O2Sn. The van der Waals surface area contributed by atoms with E-state index in [4.69, 9.17) is 0 Å². The van der Waals surface area contributed by atoms with Crippen LogP contribution in [0.4, 0.5) is 0 Å². The third-order valence-corrected chi connectivity index (χ3v) is 0.498. The van der Waals surface area contributed by atoms with Gasteiger partial charge in [0, 0.05) is 0 Å². The van der Waals surface area contributed by atoms with Crippen LogP contribution in [-0.2, 0) is 9.59 Å². The van der Waals surface area contributed by atoms with Crippen molar-refractivity contribution >= 4 is 35.5 Å². The summed E-state index contributed by atoms with van der Waals surface area (Å²) < 4.78 is 0. The minimum absolute atomic E-state index is 0. The molecule has 0 N–H and O–H groups in total. The van der Waals surface area contributed by atoms with Crippen molar-refractivity contribution in [2.75, 3.05) is 0 Å². The zero-order chi connectivity index (χ0) is 5.86. The Morgan fingerprint density at radius 3 is 1.38 bits per heavy atom. The summed E-state index contributed by atoms with van der Waals surface area (Å²) in [6.45, 7) is 2.81. The number of ketones is 2. The van der Waals surface area contributed by atoms with E-state index in [2.05, 4.69) is 0 Å². The molecule has 3 heteroatoms. The van der Waals surface area contributed by atoms with E-state index in [1.165, 1.54) is 13.8 Å². The van der Waals surface area contributed by atoms with Crippen molar-refractivity contribution in [2.45, 2.75) is 20.3 Å². The molecule has 0 aromatic heterocycles. The second-order valence-corrected chi connectivity index (χ2v) is 1.58. The van der Waals surface area contributed by atoms with E-state index in [0.717, 1.165) is 0 Å². The molecule has 0 rings (SSSR count). The van der Waals surface area contributed by atoms with Crippen molar-refractivity contribution < 1.29 is 9.59 Å². The van der Waals surface area contributed by atoms with Crippen LogP contribution in [0.1, 0.15) is 20.3 Å². The molecule has 0 aliphatic carbocycles. The maximum absolute atomic E-state index is 10.0. The van der Waals surface area contributed by atoms with Crippen LogP contribution in [0.25, 0.3) is 0 Å². The molecule has 46 valence electrons. The molecule has 0 fully saturated rings. The third kappa shape index (κ3) is 9.46. The Labute approximate surface area is 65.6 Å². The Morgan fingerprint density at radius 2 is 1.38 bits per heavy atom.